The molecule has 0 saturated heterocycles. The van der Waals surface area contributed by atoms with Gasteiger partial charge in [-0.05, 0) is 57.4 Å². The zero-order chi connectivity index (χ0) is 16.8. The standard InChI is InChI=1S/C17H25NO4/c1-12-5-6-14(11-13(12)2)22-10-8-15(19)18-17(3,4)9-7-16(20)21/h5-6,11H,7-10H2,1-4H3,(H,18,19)(H,20,21). The van der Waals surface area contributed by atoms with Crippen molar-refractivity contribution >= 4 is 11.9 Å². The summed E-state index contributed by atoms with van der Waals surface area (Å²) in [6.45, 7) is 7.98. The van der Waals surface area contributed by atoms with Gasteiger partial charge < -0.3 is 15.2 Å². The third kappa shape index (κ3) is 6.61. The third-order valence-corrected chi connectivity index (χ3v) is 3.52. The van der Waals surface area contributed by atoms with Crippen molar-refractivity contribution < 1.29 is 19.4 Å². The lowest BCUT2D eigenvalue weighted by atomic mass is 9.98. The summed E-state index contributed by atoms with van der Waals surface area (Å²) in [7, 11) is 0. The molecule has 0 aliphatic rings. The zero-order valence-electron chi connectivity index (χ0n) is 13.7. The fourth-order valence-electron chi connectivity index (χ4n) is 1.99. The lowest BCUT2D eigenvalue weighted by Crippen LogP contribution is -2.44. The molecule has 0 bridgehead atoms. The Morgan fingerprint density at radius 3 is 2.45 bits per heavy atom. The molecule has 1 rings (SSSR count). The van der Waals surface area contributed by atoms with Gasteiger partial charge in [0.15, 0.2) is 0 Å². The summed E-state index contributed by atoms with van der Waals surface area (Å²) >= 11 is 0. The van der Waals surface area contributed by atoms with E-state index in [1.165, 1.54) is 5.56 Å². The minimum absolute atomic E-state index is 0.0342. The Labute approximate surface area is 131 Å². The van der Waals surface area contributed by atoms with E-state index in [0.717, 1.165) is 11.3 Å². The number of ether oxygens (including phenoxy) is 1. The summed E-state index contributed by atoms with van der Waals surface area (Å²) < 4.78 is 5.57. The van der Waals surface area contributed by atoms with Crippen LogP contribution in [0.2, 0.25) is 0 Å². The van der Waals surface area contributed by atoms with Gasteiger partial charge in [-0.15, -0.1) is 0 Å². The van der Waals surface area contributed by atoms with Gasteiger partial charge in [-0.3, -0.25) is 9.59 Å². The smallest absolute Gasteiger partial charge is 0.303 e. The highest BCUT2D eigenvalue weighted by Crippen LogP contribution is 2.16. The van der Waals surface area contributed by atoms with Crippen LogP contribution in [0, 0.1) is 13.8 Å². The molecule has 0 heterocycles. The van der Waals surface area contributed by atoms with E-state index in [1.54, 1.807) is 0 Å². The van der Waals surface area contributed by atoms with Crippen LogP contribution in [-0.4, -0.2) is 29.1 Å². The molecule has 1 aromatic rings. The highest BCUT2D eigenvalue weighted by Gasteiger charge is 2.21. The predicted molar refractivity (Wildman–Crippen MR) is 85.1 cm³/mol. The lowest BCUT2D eigenvalue weighted by Gasteiger charge is -2.25. The fraction of sp³-hybridized carbons (Fsp3) is 0.529. The van der Waals surface area contributed by atoms with Gasteiger partial charge in [0.1, 0.15) is 5.75 Å². The summed E-state index contributed by atoms with van der Waals surface area (Å²) in [4.78, 5) is 22.5. The Balaban J connectivity index is 2.36. The van der Waals surface area contributed by atoms with Crippen molar-refractivity contribution in [3.63, 3.8) is 0 Å². The molecule has 0 aromatic heterocycles. The van der Waals surface area contributed by atoms with Crippen LogP contribution < -0.4 is 10.1 Å². The quantitative estimate of drug-likeness (QED) is 0.774. The van der Waals surface area contributed by atoms with Gasteiger partial charge in [0, 0.05) is 12.0 Å². The van der Waals surface area contributed by atoms with E-state index in [-0.39, 0.29) is 18.7 Å². The number of aryl methyl sites for hydroxylation is 2. The van der Waals surface area contributed by atoms with E-state index >= 15 is 0 Å². The lowest BCUT2D eigenvalue weighted by molar-refractivity contribution is -0.137. The summed E-state index contributed by atoms with van der Waals surface area (Å²) in [5.41, 5.74) is 1.82. The maximum Gasteiger partial charge on any atom is 0.303 e. The van der Waals surface area contributed by atoms with E-state index in [4.69, 9.17) is 9.84 Å². The first-order valence-electron chi connectivity index (χ1n) is 7.42. The molecule has 0 aliphatic carbocycles. The molecule has 0 radical (unpaired) electrons. The number of hydrogen-bond donors (Lipinski definition) is 2. The zero-order valence-corrected chi connectivity index (χ0v) is 13.7. The third-order valence-electron chi connectivity index (χ3n) is 3.52. The Morgan fingerprint density at radius 1 is 1.18 bits per heavy atom. The summed E-state index contributed by atoms with van der Waals surface area (Å²) in [5.74, 6) is -0.249. The van der Waals surface area contributed by atoms with E-state index in [0.29, 0.717) is 13.0 Å². The molecular weight excluding hydrogens is 282 g/mol. The van der Waals surface area contributed by atoms with Crippen molar-refractivity contribution in [3.05, 3.63) is 29.3 Å². The van der Waals surface area contributed by atoms with Crippen molar-refractivity contribution in [2.75, 3.05) is 6.61 Å². The van der Waals surface area contributed by atoms with Crippen LogP contribution in [0.25, 0.3) is 0 Å². The van der Waals surface area contributed by atoms with Gasteiger partial charge in [0.25, 0.3) is 0 Å². The maximum absolute atomic E-state index is 11.9. The molecule has 0 saturated carbocycles. The van der Waals surface area contributed by atoms with Crippen LogP contribution in [0.1, 0.15) is 44.2 Å². The van der Waals surface area contributed by atoms with E-state index < -0.39 is 11.5 Å². The Hall–Kier alpha value is -2.04. The van der Waals surface area contributed by atoms with Gasteiger partial charge in [-0.2, -0.15) is 0 Å². The van der Waals surface area contributed by atoms with E-state index in [1.807, 2.05) is 45.9 Å². The SMILES string of the molecule is Cc1ccc(OCCC(=O)NC(C)(C)CCC(=O)O)cc1C. The minimum Gasteiger partial charge on any atom is -0.493 e. The molecule has 5 nitrogen and oxygen atoms in total. The van der Waals surface area contributed by atoms with Gasteiger partial charge in [0.2, 0.25) is 5.91 Å². The molecule has 1 aromatic carbocycles. The maximum atomic E-state index is 11.9. The second kappa shape index (κ2) is 7.82. The molecule has 0 fully saturated rings. The normalized spacial score (nSPS) is 11.1. The Kier molecular flexibility index (Phi) is 6.40. The van der Waals surface area contributed by atoms with Crippen molar-refractivity contribution in [2.45, 2.75) is 52.5 Å². The number of carboxylic acids is 1. The Bertz CT molecular complexity index is 537. The molecule has 5 heteroatoms. The summed E-state index contributed by atoms with van der Waals surface area (Å²) in [6.07, 6.45) is 0.669. The molecule has 0 aliphatic heterocycles. The number of amides is 1. The second-order valence-electron chi connectivity index (χ2n) is 6.17. The van der Waals surface area contributed by atoms with Gasteiger partial charge in [-0.25, -0.2) is 0 Å². The van der Waals surface area contributed by atoms with Crippen LogP contribution in [0.3, 0.4) is 0 Å². The molecule has 0 spiro atoms. The highest BCUT2D eigenvalue weighted by atomic mass is 16.5. The largest absolute Gasteiger partial charge is 0.493 e. The molecule has 22 heavy (non-hydrogen) atoms. The number of carbonyl (C=O) groups is 2. The van der Waals surface area contributed by atoms with Gasteiger partial charge >= 0.3 is 5.97 Å². The van der Waals surface area contributed by atoms with Crippen LogP contribution in [-0.2, 0) is 9.59 Å². The van der Waals surface area contributed by atoms with Crippen LogP contribution in [0.4, 0.5) is 0 Å². The van der Waals surface area contributed by atoms with Crippen LogP contribution in [0.15, 0.2) is 18.2 Å². The van der Waals surface area contributed by atoms with Gasteiger partial charge in [0.05, 0.1) is 13.0 Å². The van der Waals surface area contributed by atoms with E-state index in [9.17, 15) is 9.59 Å². The second-order valence-corrected chi connectivity index (χ2v) is 6.17. The number of benzene rings is 1. The number of carboxylic acid groups (broad SMARTS) is 1. The van der Waals surface area contributed by atoms with Crippen molar-refractivity contribution in [1.82, 2.24) is 5.32 Å². The van der Waals surface area contributed by atoms with Crippen LogP contribution >= 0.6 is 0 Å². The molecule has 2 N–H and O–H groups in total. The highest BCUT2D eigenvalue weighted by molar-refractivity contribution is 5.77. The summed E-state index contributed by atoms with van der Waals surface area (Å²) in [6, 6.07) is 5.82. The number of carbonyl (C=O) groups excluding carboxylic acids is 1. The first-order valence-corrected chi connectivity index (χ1v) is 7.42. The average Bonchev–Trinajstić information content (AvgIpc) is 2.40. The van der Waals surface area contributed by atoms with E-state index in [2.05, 4.69) is 5.32 Å². The predicted octanol–water partition coefficient (Wildman–Crippen LogP) is 2.83. The molecule has 0 atom stereocenters. The van der Waals surface area contributed by atoms with Crippen LogP contribution in [0.5, 0.6) is 5.75 Å². The van der Waals surface area contributed by atoms with Crippen molar-refractivity contribution in [2.24, 2.45) is 0 Å². The fourth-order valence-corrected chi connectivity index (χ4v) is 1.99. The average molecular weight is 307 g/mol. The first kappa shape index (κ1) is 18.0. The van der Waals surface area contributed by atoms with Crippen molar-refractivity contribution in [3.8, 4) is 5.75 Å². The topological polar surface area (TPSA) is 75.6 Å². The number of nitrogens with one attached hydrogen (secondary N) is 1. The summed E-state index contributed by atoms with van der Waals surface area (Å²) in [5, 5.41) is 11.5. The number of rotatable bonds is 8. The van der Waals surface area contributed by atoms with Gasteiger partial charge in [-0.1, -0.05) is 6.07 Å². The molecule has 0 unspecified atom stereocenters. The monoisotopic (exact) mass is 307 g/mol. The Morgan fingerprint density at radius 2 is 1.86 bits per heavy atom. The first-order chi connectivity index (χ1) is 10.2. The molecule has 1 amide bonds. The van der Waals surface area contributed by atoms with Crippen molar-refractivity contribution in [1.29, 1.82) is 0 Å². The minimum atomic E-state index is -0.861. The number of aliphatic carboxylic acids is 1. The molecular formula is C17H25NO4. The number of hydrogen-bond acceptors (Lipinski definition) is 3. The molecule has 122 valence electrons.